The molecule has 0 radical (unpaired) electrons. The molecule has 1 aliphatic rings. The number of aliphatic hydroxyl groups excluding tert-OH is 1. The lowest BCUT2D eigenvalue weighted by molar-refractivity contribution is -0.162. The van der Waals surface area contributed by atoms with Crippen molar-refractivity contribution in [1.82, 2.24) is 5.06 Å². The molecule has 0 saturated heterocycles. The maximum absolute atomic E-state index is 9.08. The average molecular weight is 157 g/mol. The van der Waals surface area contributed by atoms with Crippen LogP contribution in [0.25, 0.3) is 0 Å². The number of hydrogen-bond donors (Lipinski definition) is 2. The van der Waals surface area contributed by atoms with Crippen molar-refractivity contribution >= 4 is 0 Å². The Balaban J connectivity index is 2.58. The monoisotopic (exact) mass is 157 g/mol. The first-order chi connectivity index (χ1) is 5.24. The van der Waals surface area contributed by atoms with Crippen LogP contribution in [0, 0.1) is 0 Å². The van der Waals surface area contributed by atoms with Crippen molar-refractivity contribution in [2.45, 2.75) is 13.2 Å². The quantitative estimate of drug-likeness (QED) is 0.628. The molecule has 4 heteroatoms. The summed E-state index contributed by atoms with van der Waals surface area (Å²) >= 11 is 0. The Morgan fingerprint density at radius 2 is 2.45 bits per heavy atom. The van der Waals surface area contributed by atoms with E-state index < -0.39 is 6.23 Å². The molecule has 11 heavy (non-hydrogen) atoms. The topological polar surface area (TPSA) is 52.9 Å². The highest BCUT2D eigenvalue weighted by atomic mass is 16.6. The fraction of sp³-hybridized carbons (Fsp3) is 0.429. The lowest BCUT2D eigenvalue weighted by Crippen LogP contribution is -2.30. The van der Waals surface area contributed by atoms with E-state index in [-0.39, 0.29) is 5.76 Å². The van der Waals surface area contributed by atoms with Crippen LogP contribution in [-0.4, -0.2) is 28.2 Å². The second kappa shape index (κ2) is 3.41. The van der Waals surface area contributed by atoms with Crippen LogP contribution < -0.4 is 0 Å². The van der Waals surface area contributed by atoms with Gasteiger partial charge in [-0.05, 0) is 13.0 Å². The fourth-order valence-electron chi connectivity index (χ4n) is 0.811. The Bertz CT molecular complexity index is 188. The van der Waals surface area contributed by atoms with Gasteiger partial charge in [0, 0.05) is 18.9 Å². The predicted octanol–water partition coefficient (Wildman–Crippen LogP) is 1.01. The van der Waals surface area contributed by atoms with E-state index >= 15 is 0 Å². The molecular weight excluding hydrogens is 146 g/mol. The van der Waals surface area contributed by atoms with Crippen LogP contribution in [0.1, 0.15) is 6.92 Å². The van der Waals surface area contributed by atoms with Gasteiger partial charge in [-0.15, -0.1) is 0 Å². The SMILES string of the molecule is CCOC1C=C(O)C=CN1O. The summed E-state index contributed by atoms with van der Waals surface area (Å²) in [4.78, 5) is 0. The smallest absolute Gasteiger partial charge is 0.176 e. The maximum atomic E-state index is 9.08. The van der Waals surface area contributed by atoms with Crippen molar-refractivity contribution in [1.29, 1.82) is 0 Å². The standard InChI is InChI=1S/C7H11NO3/c1-2-11-7-5-6(9)3-4-8(7)10/h3-5,7,9-10H,2H2,1H3. The first kappa shape index (κ1) is 8.10. The summed E-state index contributed by atoms with van der Waals surface area (Å²) in [5.74, 6) is 0.105. The lowest BCUT2D eigenvalue weighted by atomic mass is 10.3. The number of rotatable bonds is 2. The van der Waals surface area contributed by atoms with Gasteiger partial charge in [-0.1, -0.05) is 0 Å². The van der Waals surface area contributed by atoms with Crippen molar-refractivity contribution in [2.75, 3.05) is 6.61 Å². The zero-order valence-corrected chi connectivity index (χ0v) is 6.27. The molecule has 0 bridgehead atoms. The third-order valence-corrected chi connectivity index (χ3v) is 1.31. The molecule has 1 rings (SSSR count). The Kier molecular flexibility index (Phi) is 2.51. The summed E-state index contributed by atoms with van der Waals surface area (Å²) in [7, 11) is 0. The molecule has 0 amide bonds. The van der Waals surface area contributed by atoms with Crippen molar-refractivity contribution in [3.63, 3.8) is 0 Å². The van der Waals surface area contributed by atoms with Gasteiger partial charge < -0.3 is 9.84 Å². The van der Waals surface area contributed by atoms with Crippen LogP contribution in [0.3, 0.4) is 0 Å². The van der Waals surface area contributed by atoms with E-state index in [2.05, 4.69) is 0 Å². The van der Waals surface area contributed by atoms with Gasteiger partial charge in [0.25, 0.3) is 0 Å². The molecule has 0 aliphatic carbocycles. The first-order valence-electron chi connectivity index (χ1n) is 3.42. The van der Waals surface area contributed by atoms with Gasteiger partial charge in [-0.3, -0.25) is 5.21 Å². The van der Waals surface area contributed by atoms with Crippen molar-refractivity contribution < 1.29 is 15.1 Å². The van der Waals surface area contributed by atoms with Crippen LogP contribution in [-0.2, 0) is 4.74 Å². The number of nitrogens with zero attached hydrogens (tertiary/aromatic N) is 1. The zero-order valence-electron chi connectivity index (χ0n) is 6.27. The molecule has 2 N–H and O–H groups in total. The third kappa shape index (κ3) is 1.96. The molecule has 0 saturated carbocycles. The van der Waals surface area contributed by atoms with Gasteiger partial charge in [-0.25, -0.2) is 5.06 Å². The molecule has 0 spiro atoms. The van der Waals surface area contributed by atoms with Crippen LogP contribution >= 0.6 is 0 Å². The molecule has 4 nitrogen and oxygen atoms in total. The Morgan fingerprint density at radius 3 is 3.09 bits per heavy atom. The van der Waals surface area contributed by atoms with E-state index in [1.807, 2.05) is 6.92 Å². The summed E-state index contributed by atoms with van der Waals surface area (Å²) in [5.41, 5.74) is 0. The van der Waals surface area contributed by atoms with Crippen LogP contribution in [0.4, 0.5) is 0 Å². The predicted molar refractivity (Wildman–Crippen MR) is 38.9 cm³/mol. The molecule has 62 valence electrons. The highest BCUT2D eigenvalue weighted by Crippen LogP contribution is 2.10. The minimum atomic E-state index is -0.565. The highest BCUT2D eigenvalue weighted by molar-refractivity contribution is 5.15. The Labute approximate surface area is 65.0 Å². The molecule has 0 aromatic rings. The molecule has 0 fully saturated rings. The average Bonchev–Trinajstić information content (AvgIpc) is 1.98. The number of hydroxylamine groups is 2. The summed E-state index contributed by atoms with van der Waals surface area (Å²) in [6.07, 6.45) is 3.58. The normalized spacial score (nSPS) is 23.6. The zero-order chi connectivity index (χ0) is 8.27. The number of ether oxygens (including phenoxy) is 1. The minimum absolute atomic E-state index is 0.105. The molecule has 1 aliphatic heterocycles. The molecular formula is C7H11NO3. The molecule has 0 aromatic carbocycles. The Hall–Kier alpha value is -1.00. The van der Waals surface area contributed by atoms with Gasteiger partial charge in [-0.2, -0.15) is 0 Å². The molecule has 1 unspecified atom stereocenters. The van der Waals surface area contributed by atoms with E-state index in [0.29, 0.717) is 6.61 Å². The summed E-state index contributed by atoms with van der Waals surface area (Å²) < 4.78 is 5.05. The van der Waals surface area contributed by atoms with E-state index in [1.54, 1.807) is 0 Å². The second-order valence-corrected chi connectivity index (χ2v) is 2.13. The van der Waals surface area contributed by atoms with E-state index in [0.717, 1.165) is 5.06 Å². The summed E-state index contributed by atoms with van der Waals surface area (Å²) in [5, 5.41) is 19.0. The van der Waals surface area contributed by atoms with E-state index in [1.165, 1.54) is 18.4 Å². The highest BCUT2D eigenvalue weighted by Gasteiger charge is 2.14. The maximum Gasteiger partial charge on any atom is 0.176 e. The van der Waals surface area contributed by atoms with Gasteiger partial charge in [0.1, 0.15) is 5.76 Å². The van der Waals surface area contributed by atoms with Crippen LogP contribution in [0.5, 0.6) is 0 Å². The lowest BCUT2D eigenvalue weighted by Gasteiger charge is -2.23. The van der Waals surface area contributed by atoms with Gasteiger partial charge in [0.2, 0.25) is 0 Å². The molecule has 0 aromatic heterocycles. The third-order valence-electron chi connectivity index (χ3n) is 1.31. The van der Waals surface area contributed by atoms with Crippen LogP contribution in [0.2, 0.25) is 0 Å². The van der Waals surface area contributed by atoms with E-state index in [4.69, 9.17) is 15.1 Å². The molecule has 1 heterocycles. The largest absolute Gasteiger partial charge is 0.508 e. The van der Waals surface area contributed by atoms with Gasteiger partial charge in [0.15, 0.2) is 6.23 Å². The first-order valence-corrected chi connectivity index (χ1v) is 3.42. The van der Waals surface area contributed by atoms with Gasteiger partial charge in [0.05, 0.1) is 0 Å². The van der Waals surface area contributed by atoms with E-state index in [9.17, 15) is 0 Å². The van der Waals surface area contributed by atoms with Crippen LogP contribution in [0.15, 0.2) is 24.1 Å². The Morgan fingerprint density at radius 1 is 1.73 bits per heavy atom. The number of hydrogen-bond acceptors (Lipinski definition) is 4. The summed E-state index contributed by atoms with van der Waals surface area (Å²) in [6, 6.07) is 0. The van der Waals surface area contributed by atoms with Crippen molar-refractivity contribution in [3.8, 4) is 0 Å². The molecule has 1 atom stereocenters. The second-order valence-electron chi connectivity index (χ2n) is 2.13. The van der Waals surface area contributed by atoms with Crippen molar-refractivity contribution in [2.24, 2.45) is 0 Å². The number of allylic oxidation sites excluding steroid dienone is 1. The minimum Gasteiger partial charge on any atom is -0.508 e. The number of aliphatic hydroxyl groups is 1. The van der Waals surface area contributed by atoms with Gasteiger partial charge >= 0.3 is 0 Å². The fourth-order valence-corrected chi connectivity index (χ4v) is 0.811. The summed E-state index contributed by atoms with van der Waals surface area (Å²) in [6.45, 7) is 2.30. The van der Waals surface area contributed by atoms with Crippen molar-refractivity contribution in [3.05, 3.63) is 24.1 Å².